The topological polar surface area (TPSA) is 25.8 Å². The minimum Gasteiger partial charge on any atom is -0.235 e. The molecule has 0 fully saturated rings. The van der Waals surface area contributed by atoms with Crippen molar-refractivity contribution >= 4 is 0 Å². The predicted octanol–water partition coefficient (Wildman–Crippen LogP) is 5.22. The third kappa shape index (κ3) is 4.17. The molecule has 0 radical (unpaired) electrons. The molecule has 0 atom stereocenters. The zero-order chi connectivity index (χ0) is 19.4. The Kier molecular flexibility index (Phi) is 5.56. The van der Waals surface area contributed by atoms with Gasteiger partial charge < -0.3 is 0 Å². The van der Waals surface area contributed by atoms with Crippen LogP contribution in [0.2, 0.25) is 0 Å². The lowest BCUT2D eigenvalue weighted by atomic mass is 10.1. The summed E-state index contributed by atoms with van der Waals surface area (Å²) in [7, 11) is 0. The lowest BCUT2D eigenvalue weighted by Crippen LogP contribution is -1.97. The quantitative estimate of drug-likeness (QED) is 0.594. The summed E-state index contributed by atoms with van der Waals surface area (Å²) in [5.41, 5.74) is 1.86. The van der Waals surface area contributed by atoms with Crippen LogP contribution in [0.15, 0.2) is 42.7 Å². The number of hydrogen-bond donors (Lipinski definition) is 0. The van der Waals surface area contributed by atoms with Gasteiger partial charge in [0.05, 0.1) is 16.7 Å². The van der Waals surface area contributed by atoms with Gasteiger partial charge in [-0.3, -0.25) is 0 Å². The SMILES string of the molecule is CCCc1ccc(C#Cc2cnc(-c3ccc(C)c(F)c3F)nc2)c(F)c1. The number of aryl methyl sites for hydroxylation is 2. The van der Waals surface area contributed by atoms with Gasteiger partial charge in [-0.1, -0.05) is 37.3 Å². The smallest absolute Gasteiger partial charge is 0.170 e. The van der Waals surface area contributed by atoms with E-state index in [1.54, 1.807) is 6.07 Å². The summed E-state index contributed by atoms with van der Waals surface area (Å²) >= 11 is 0. The molecule has 2 nitrogen and oxygen atoms in total. The first kappa shape index (κ1) is 18.7. The number of rotatable bonds is 3. The third-order valence-electron chi connectivity index (χ3n) is 4.08. The Morgan fingerprint density at radius 2 is 1.67 bits per heavy atom. The van der Waals surface area contributed by atoms with Crippen LogP contribution in [0.5, 0.6) is 0 Å². The van der Waals surface area contributed by atoms with Crippen LogP contribution in [0.4, 0.5) is 13.2 Å². The van der Waals surface area contributed by atoms with E-state index < -0.39 is 11.6 Å². The molecule has 1 aromatic heterocycles. The first-order valence-corrected chi connectivity index (χ1v) is 8.57. The van der Waals surface area contributed by atoms with E-state index in [1.807, 2.05) is 13.0 Å². The van der Waals surface area contributed by atoms with Crippen LogP contribution < -0.4 is 0 Å². The van der Waals surface area contributed by atoms with Crippen molar-refractivity contribution in [3.05, 3.63) is 82.4 Å². The molecule has 0 amide bonds. The van der Waals surface area contributed by atoms with E-state index in [-0.39, 0.29) is 28.3 Å². The Morgan fingerprint density at radius 1 is 0.926 bits per heavy atom. The summed E-state index contributed by atoms with van der Waals surface area (Å²) < 4.78 is 41.8. The average Bonchev–Trinajstić information content (AvgIpc) is 2.66. The van der Waals surface area contributed by atoms with E-state index in [2.05, 4.69) is 21.8 Å². The molecule has 27 heavy (non-hydrogen) atoms. The number of aromatic nitrogens is 2. The lowest BCUT2D eigenvalue weighted by Gasteiger charge is -2.04. The molecule has 0 aliphatic rings. The third-order valence-corrected chi connectivity index (χ3v) is 4.08. The van der Waals surface area contributed by atoms with Crippen LogP contribution in [0.1, 0.15) is 35.6 Å². The number of halogens is 3. The molecular formula is C22H17F3N2. The van der Waals surface area contributed by atoms with Gasteiger partial charge in [0.15, 0.2) is 17.5 Å². The fourth-order valence-corrected chi connectivity index (χ4v) is 2.59. The van der Waals surface area contributed by atoms with E-state index in [0.29, 0.717) is 5.56 Å². The van der Waals surface area contributed by atoms with Gasteiger partial charge in [0.2, 0.25) is 0 Å². The van der Waals surface area contributed by atoms with E-state index in [4.69, 9.17) is 0 Å². The van der Waals surface area contributed by atoms with Crippen LogP contribution in [0.25, 0.3) is 11.4 Å². The molecule has 0 aliphatic carbocycles. The molecule has 0 aliphatic heterocycles. The van der Waals surface area contributed by atoms with E-state index in [9.17, 15) is 13.2 Å². The van der Waals surface area contributed by atoms with Gasteiger partial charge in [0.25, 0.3) is 0 Å². The normalized spacial score (nSPS) is 10.4. The molecule has 0 unspecified atom stereocenters. The fourth-order valence-electron chi connectivity index (χ4n) is 2.59. The van der Waals surface area contributed by atoms with Crippen LogP contribution in [-0.4, -0.2) is 9.97 Å². The molecule has 0 spiro atoms. The van der Waals surface area contributed by atoms with Crippen LogP contribution in [0, 0.1) is 36.2 Å². The Balaban J connectivity index is 1.84. The molecule has 0 saturated heterocycles. The van der Waals surface area contributed by atoms with Gasteiger partial charge in [0, 0.05) is 12.4 Å². The standard InChI is InChI=1S/C22H17F3N2/c1-3-4-15-6-8-17(19(23)11-15)9-7-16-12-26-22(27-13-16)18-10-5-14(2)20(24)21(18)25/h5-6,8,10-13H,3-4H2,1-2H3. The van der Waals surface area contributed by atoms with Crippen LogP contribution in [0.3, 0.4) is 0 Å². The van der Waals surface area contributed by atoms with Crippen LogP contribution in [-0.2, 0) is 6.42 Å². The molecule has 5 heteroatoms. The van der Waals surface area contributed by atoms with Gasteiger partial charge in [0.1, 0.15) is 5.82 Å². The van der Waals surface area contributed by atoms with Crippen molar-refractivity contribution in [3.8, 4) is 23.2 Å². The number of hydrogen-bond acceptors (Lipinski definition) is 2. The Morgan fingerprint density at radius 3 is 2.33 bits per heavy atom. The van der Waals surface area contributed by atoms with Gasteiger partial charge in [-0.15, -0.1) is 0 Å². The predicted molar refractivity (Wildman–Crippen MR) is 98.5 cm³/mol. The van der Waals surface area contributed by atoms with Crippen LogP contribution >= 0.6 is 0 Å². The second-order valence-corrected chi connectivity index (χ2v) is 6.17. The molecule has 0 bridgehead atoms. The van der Waals surface area contributed by atoms with Gasteiger partial charge in [-0.2, -0.15) is 0 Å². The van der Waals surface area contributed by atoms with Crippen molar-refractivity contribution in [2.75, 3.05) is 0 Å². The van der Waals surface area contributed by atoms with E-state index >= 15 is 0 Å². The van der Waals surface area contributed by atoms with Crippen molar-refractivity contribution < 1.29 is 13.2 Å². The summed E-state index contributed by atoms with van der Waals surface area (Å²) in [6.07, 6.45) is 4.56. The monoisotopic (exact) mass is 366 g/mol. The van der Waals surface area contributed by atoms with Crippen molar-refractivity contribution in [1.82, 2.24) is 9.97 Å². The highest BCUT2D eigenvalue weighted by molar-refractivity contribution is 5.57. The van der Waals surface area contributed by atoms with Gasteiger partial charge >= 0.3 is 0 Å². The van der Waals surface area contributed by atoms with Gasteiger partial charge in [-0.25, -0.2) is 23.1 Å². The Labute approximate surface area is 156 Å². The summed E-state index contributed by atoms with van der Waals surface area (Å²) in [4.78, 5) is 8.08. The molecule has 0 saturated carbocycles. The highest BCUT2D eigenvalue weighted by Gasteiger charge is 2.14. The maximum atomic E-state index is 14.1. The number of benzene rings is 2. The van der Waals surface area contributed by atoms with Crippen molar-refractivity contribution in [2.45, 2.75) is 26.7 Å². The van der Waals surface area contributed by atoms with Crippen molar-refractivity contribution in [1.29, 1.82) is 0 Å². The zero-order valence-corrected chi connectivity index (χ0v) is 15.0. The molecular weight excluding hydrogens is 349 g/mol. The van der Waals surface area contributed by atoms with Crippen molar-refractivity contribution in [2.24, 2.45) is 0 Å². The van der Waals surface area contributed by atoms with Crippen molar-refractivity contribution in [3.63, 3.8) is 0 Å². The minimum atomic E-state index is -0.983. The fraction of sp³-hybridized carbons (Fsp3) is 0.182. The summed E-state index contributed by atoms with van der Waals surface area (Å²) in [5, 5.41) is 0. The largest absolute Gasteiger partial charge is 0.235 e. The number of nitrogens with zero attached hydrogens (tertiary/aromatic N) is 2. The Hall–Kier alpha value is -3.13. The molecule has 136 valence electrons. The summed E-state index contributed by atoms with van der Waals surface area (Å²) in [5.74, 6) is 3.32. The molecule has 2 aromatic carbocycles. The minimum absolute atomic E-state index is 0.0184. The molecule has 3 rings (SSSR count). The maximum Gasteiger partial charge on any atom is 0.170 e. The summed E-state index contributed by atoms with van der Waals surface area (Å²) in [6.45, 7) is 3.52. The zero-order valence-electron chi connectivity index (χ0n) is 15.0. The highest BCUT2D eigenvalue weighted by atomic mass is 19.2. The highest BCUT2D eigenvalue weighted by Crippen LogP contribution is 2.23. The first-order valence-electron chi connectivity index (χ1n) is 8.57. The van der Waals surface area contributed by atoms with E-state index in [0.717, 1.165) is 18.4 Å². The second-order valence-electron chi connectivity index (χ2n) is 6.17. The first-order chi connectivity index (χ1) is 13.0. The summed E-state index contributed by atoms with van der Waals surface area (Å²) in [6, 6.07) is 7.89. The second kappa shape index (κ2) is 8.05. The molecule has 3 aromatic rings. The van der Waals surface area contributed by atoms with E-state index in [1.165, 1.54) is 37.5 Å². The average molecular weight is 366 g/mol. The molecule has 0 N–H and O–H groups in total. The maximum absolute atomic E-state index is 14.1. The Bertz CT molecular complexity index is 1030. The molecule has 1 heterocycles. The lowest BCUT2D eigenvalue weighted by molar-refractivity contribution is 0.505. The van der Waals surface area contributed by atoms with Gasteiger partial charge in [-0.05, 0) is 42.7 Å².